The molecule has 0 spiro atoms. The first-order chi connectivity index (χ1) is 11.7. The fraction of sp³-hybridized carbons (Fsp3) is 0. The van der Waals surface area contributed by atoms with Crippen LogP contribution in [0.15, 0.2) is 105 Å². The first-order valence-electron chi connectivity index (χ1n) is 6.30. The van der Waals surface area contributed by atoms with E-state index in [-0.39, 0.29) is 0 Å². The van der Waals surface area contributed by atoms with Crippen LogP contribution in [-0.2, 0) is 0 Å². The summed E-state index contributed by atoms with van der Waals surface area (Å²) in [6.45, 7) is 26.2. The van der Waals surface area contributed by atoms with E-state index in [1.165, 1.54) is 31.1 Å². The Labute approximate surface area is 145 Å². The number of hydrogen-bond donors (Lipinski definition) is 0. The zero-order chi connectivity index (χ0) is 19.3. The summed E-state index contributed by atoms with van der Waals surface area (Å²) < 4.78 is 0. The van der Waals surface area contributed by atoms with E-state index < -0.39 is 0 Å². The Morgan fingerprint density at radius 1 is 0.542 bits per heavy atom. The molecule has 0 amide bonds. The van der Waals surface area contributed by atoms with E-state index in [0.717, 1.165) is 0 Å². The summed E-state index contributed by atoms with van der Waals surface area (Å²) >= 11 is 0. The van der Waals surface area contributed by atoms with Gasteiger partial charge in [-0.15, -0.1) is 0 Å². The van der Waals surface area contributed by atoms with Crippen molar-refractivity contribution >= 4 is 39.4 Å². The van der Waals surface area contributed by atoms with E-state index in [4.69, 9.17) is 0 Å². The van der Waals surface area contributed by atoms with Crippen molar-refractivity contribution in [1.29, 1.82) is 0 Å². The van der Waals surface area contributed by atoms with Crippen molar-refractivity contribution in [2.75, 3.05) is 0 Å². The Kier molecular flexibility index (Phi) is 50.9. The van der Waals surface area contributed by atoms with Gasteiger partial charge in [0.2, 0.25) is 0 Å². The van der Waals surface area contributed by atoms with E-state index >= 15 is 0 Å². The number of rotatable bonds is 8. The molecule has 0 aliphatic carbocycles. The minimum absolute atomic E-state index is 1.33. The Hall–Kier alpha value is -3.54. The monoisotopic (exact) mass is 326 g/mol. The normalized spacial score (nSPS) is 8.67. The second-order valence-electron chi connectivity index (χ2n) is 2.77. The van der Waals surface area contributed by atoms with Crippen LogP contribution in [-0.4, -0.2) is 39.4 Å². The molecule has 0 aromatic carbocycles. The fourth-order valence-corrected chi connectivity index (χ4v) is 0.432. The quantitative estimate of drug-likeness (QED) is 0.358. The van der Waals surface area contributed by atoms with Gasteiger partial charge in [0.1, 0.15) is 6.34 Å². The van der Waals surface area contributed by atoms with Gasteiger partial charge >= 0.3 is 0 Å². The fourth-order valence-electron chi connectivity index (χ4n) is 0.432. The van der Waals surface area contributed by atoms with E-state index in [1.807, 2.05) is 0 Å². The maximum atomic E-state index is 3.61. The van der Waals surface area contributed by atoms with Gasteiger partial charge in [0, 0.05) is 37.2 Å². The van der Waals surface area contributed by atoms with Crippen molar-refractivity contribution < 1.29 is 0 Å². The van der Waals surface area contributed by atoms with Crippen LogP contribution in [0.5, 0.6) is 0 Å². The standard InChI is InChI=1S/2C5H7N.2C4H6N2/c1-3-4-5-6-2;1-3-5-6-4-2;1-5-3-4-6-2;1-3-6-4-5-2/h2*3-5H,1-2H2;2*3-4H,1-2H2/b5-4-;;4-3-;. The highest BCUT2D eigenvalue weighted by molar-refractivity contribution is 5.70. The summed E-state index contributed by atoms with van der Waals surface area (Å²) in [5.74, 6) is 0. The van der Waals surface area contributed by atoms with Gasteiger partial charge in [-0.05, 0) is 32.9 Å². The lowest BCUT2D eigenvalue weighted by Gasteiger charge is -1.63. The molecule has 0 atom stereocenters. The van der Waals surface area contributed by atoms with Gasteiger partial charge in [0.25, 0.3) is 0 Å². The highest BCUT2D eigenvalue weighted by Gasteiger charge is 1.48. The highest BCUT2D eigenvalue weighted by Crippen LogP contribution is 1.69. The molecular weight excluding hydrogens is 300 g/mol. The Bertz CT molecular complexity index is 340. The zero-order valence-electron chi connectivity index (χ0n) is 14.1. The van der Waals surface area contributed by atoms with Crippen LogP contribution in [0.2, 0.25) is 0 Å². The van der Waals surface area contributed by atoms with Gasteiger partial charge in [0.05, 0.1) is 0 Å². The second kappa shape index (κ2) is 42.7. The number of hydrogen-bond acceptors (Lipinski definition) is 5. The van der Waals surface area contributed by atoms with E-state index in [9.17, 15) is 0 Å². The van der Waals surface area contributed by atoms with Crippen molar-refractivity contribution in [2.24, 2.45) is 30.0 Å². The van der Waals surface area contributed by atoms with Crippen LogP contribution in [0, 0.1) is 0 Å². The topological polar surface area (TPSA) is 74.2 Å². The minimum atomic E-state index is 1.33. The molecule has 0 aliphatic rings. The molecule has 0 bridgehead atoms. The Morgan fingerprint density at radius 2 is 1.04 bits per heavy atom. The summed E-state index contributed by atoms with van der Waals surface area (Å²) in [5.41, 5.74) is 0. The average Bonchev–Trinajstić information content (AvgIpc) is 2.62. The predicted molar refractivity (Wildman–Crippen MR) is 114 cm³/mol. The van der Waals surface area contributed by atoms with E-state index in [1.54, 1.807) is 30.6 Å². The average molecular weight is 326 g/mol. The lowest BCUT2D eigenvalue weighted by Crippen LogP contribution is -1.53. The zero-order valence-corrected chi connectivity index (χ0v) is 14.1. The molecule has 24 heavy (non-hydrogen) atoms. The maximum Gasteiger partial charge on any atom is 0.114 e. The van der Waals surface area contributed by atoms with Crippen LogP contribution in [0.4, 0.5) is 0 Å². The van der Waals surface area contributed by atoms with Gasteiger partial charge in [-0.1, -0.05) is 38.5 Å². The van der Waals surface area contributed by atoms with Crippen LogP contribution in [0.3, 0.4) is 0 Å². The highest BCUT2D eigenvalue weighted by atomic mass is 14.8. The third-order valence-corrected chi connectivity index (χ3v) is 1.16. The molecule has 0 aromatic heterocycles. The Balaban J connectivity index is -0.000000111. The lowest BCUT2D eigenvalue weighted by atomic mass is 10.6. The molecule has 0 unspecified atom stereocenters. The molecule has 0 N–H and O–H groups in total. The largest absolute Gasteiger partial charge is 0.273 e. The third kappa shape index (κ3) is 78.6. The first kappa shape index (κ1) is 28.6. The SMILES string of the molecule is C=C/C=C\N=C.C=CC=NC=C.C=CN=CN=C.C=N/C=C\N=C. The van der Waals surface area contributed by atoms with Crippen molar-refractivity contribution in [3.8, 4) is 0 Å². The van der Waals surface area contributed by atoms with Crippen molar-refractivity contribution in [3.05, 3.63) is 75.5 Å². The predicted octanol–water partition coefficient (Wildman–Crippen LogP) is 4.49. The van der Waals surface area contributed by atoms with Gasteiger partial charge < -0.3 is 0 Å². The van der Waals surface area contributed by atoms with Crippen LogP contribution in [0.1, 0.15) is 0 Å². The van der Waals surface area contributed by atoms with Gasteiger partial charge in [-0.3, -0.25) is 25.0 Å². The van der Waals surface area contributed by atoms with Gasteiger partial charge in [0.15, 0.2) is 0 Å². The molecular formula is C18H26N6. The van der Waals surface area contributed by atoms with Crippen LogP contribution < -0.4 is 0 Å². The van der Waals surface area contributed by atoms with Crippen molar-refractivity contribution in [1.82, 2.24) is 0 Å². The summed E-state index contributed by atoms with van der Waals surface area (Å²) in [6.07, 6.45) is 15.2. The summed E-state index contributed by atoms with van der Waals surface area (Å²) in [7, 11) is 0. The number of aliphatic imine (C=N–C) groups is 6. The number of nitrogens with zero attached hydrogens (tertiary/aromatic N) is 6. The molecule has 0 aromatic rings. The molecule has 6 heteroatoms. The van der Waals surface area contributed by atoms with E-state index in [0.29, 0.717) is 0 Å². The maximum absolute atomic E-state index is 3.61. The summed E-state index contributed by atoms with van der Waals surface area (Å²) in [6, 6.07) is 0. The van der Waals surface area contributed by atoms with Crippen LogP contribution in [0.25, 0.3) is 0 Å². The molecule has 0 fully saturated rings. The summed E-state index contributed by atoms with van der Waals surface area (Å²) in [4.78, 5) is 20.6. The molecule has 0 saturated heterocycles. The van der Waals surface area contributed by atoms with Gasteiger partial charge in [-0.2, -0.15) is 0 Å². The van der Waals surface area contributed by atoms with Crippen LogP contribution >= 0.6 is 0 Å². The smallest absolute Gasteiger partial charge is 0.114 e. The number of allylic oxidation sites excluding steroid dienone is 3. The summed E-state index contributed by atoms with van der Waals surface area (Å²) in [5, 5.41) is 0. The second-order valence-corrected chi connectivity index (χ2v) is 2.77. The van der Waals surface area contributed by atoms with Gasteiger partial charge in [-0.25, -0.2) is 4.99 Å². The van der Waals surface area contributed by atoms with Crippen molar-refractivity contribution in [3.63, 3.8) is 0 Å². The van der Waals surface area contributed by atoms with E-state index in [2.05, 4.69) is 83.1 Å². The molecule has 6 nitrogen and oxygen atoms in total. The van der Waals surface area contributed by atoms with Crippen molar-refractivity contribution in [2.45, 2.75) is 0 Å². The molecule has 0 heterocycles. The molecule has 0 aliphatic heterocycles. The lowest BCUT2D eigenvalue weighted by molar-refractivity contribution is 1.51. The molecule has 0 saturated carbocycles. The third-order valence-electron chi connectivity index (χ3n) is 1.16. The molecule has 0 rings (SSSR count). The Morgan fingerprint density at radius 3 is 1.21 bits per heavy atom. The molecule has 0 radical (unpaired) electrons. The molecule has 128 valence electrons. The first-order valence-corrected chi connectivity index (χ1v) is 6.30. The minimum Gasteiger partial charge on any atom is -0.273 e.